The summed E-state index contributed by atoms with van der Waals surface area (Å²) in [5, 5.41) is 2.83. The quantitative estimate of drug-likeness (QED) is 0.752. The van der Waals surface area contributed by atoms with Gasteiger partial charge in [0.2, 0.25) is 12.7 Å². The predicted octanol–water partition coefficient (Wildman–Crippen LogP) is 3.31. The van der Waals surface area contributed by atoms with Crippen LogP contribution in [0.4, 0.5) is 4.79 Å². The number of amides is 2. The molecule has 1 atom stereocenters. The van der Waals surface area contributed by atoms with E-state index in [-0.39, 0.29) is 23.2 Å². The van der Waals surface area contributed by atoms with Crippen molar-refractivity contribution in [2.45, 2.75) is 18.2 Å². The Morgan fingerprint density at radius 1 is 1.11 bits per heavy atom. The molecule has 2 aromatic carbocycles. The van der Waals surface area contributed by atoms with Crippen LogP contribution in [0.5, 0.6) is 11.5 Å². The van der Waals surface area contributed by atoms with Crippen molar-refractivity contribution in [3.8, 4) is 11.5 Å². The van der Waals surface area contributed by atoms with Gasteiger partial charge in [0.1, 0.15) is 0 Å². The van der Waals surface area contributed by atoms with Crippen LogP contribution < -0.4 is 14.8 Å². The Labute approximate surface area is 159 Å². The molecule has 1 unspecified atom stereocenters. The fourth-order valence-corrected chi connectivity index (χ4v) is 4.41. The van der Waals surface area contributed by atoms with E-state index in [9.17, 15) is 9.59 Å². The number of ether oxygens (including phenoxy) is 2. The number of benzene rings is 2. The lowest BCUT2D eigenvalue weighted by molar-refractivity contribution is -0.118. The predicted molar refractivity (Wildman–Crippen MR) is 102 cm³/mol. The van der Waals surface area contributed by atoms with E-state index in [1.807, 2.05) is 36.5 Å². The van der Waals surface area contributed by atoms with Gasteiger partial charge in [-0.2, -0.15) is 0 Å². The minimum absolute atomic E-state index is 0.207. The van der Waals surface area contributed by atoms with Gasteiger partial charge in [0, 0.05) is 23.6 Å². The number of hydrogen-bond acceptors (Lipinski definition) is 5. The number of nitrogens with one attached hydrogen (secondary N) is 1. The smallest absolute Gasteiger partial charge is 0.286 e. The Balaban J connectivity index is 1.43. The molecule has 1 saturated heterocycles. The third-order valence-corrected chi connectivity index (χ3v) is 5.85. The number of carbonyl (C=O) groups is 2. The van der Waals surface area contributed by atoms with Crippen LogP contribution >= 0.6 is 11.8 Å². The van der Waals surface area contributed by atoms with Gasteiger partial charge in [-0.15, -0.1) is 0 Å². The SMILES string of the molecule is O=C1NC(=O)C(Cc2cccc3c2ccn3Cc2ccc3c(c2)OCO3)S1. The molecule has 0 bridgehead atoms. The van der Waals surface area contributed by atoms with Crippen LogP contribution in [0, 0.1) is 0 Å². The van der Waals surface area contributed by atoms with Gasteiger partial charge >= 0.3 is 0 Å². The fraction of sp³-hybridized carbons (Fsp3) is 0.200. The first kappa shape index (κ1) is 16.3. The molecule has 2 aliphatic rings. The van der Waals surface area contributed by atoms with Crippen LogP contribution in [-0.2, 0) is 17.8 Å². The van der Waals surface area contributed by atoms with E-state index in [0.717, 1.165) is 45.3 Å². The zero-order valence-electron chi connectivity index (χ0n) is 14.3. The third kappa shape index (κ3) is 2.94. The maximum atomic E-state index is 11.9. The molecule has 2 aliphatic heterocycles. The summed E-state index contributed by atoms with van der Waals surface area (Å²) < 4.78 is 13.0. The number of hydrogen-bond donors (Lipinski definition) is 1. The molecular weight excluding hydrogens is 364 g/mol. The molecule has 2 amide bonds. The summed E-state index contributed by atoms with van der Waals surface area (Å²) in [6, 6.07) is 14.1. The molecular formula is C20H16N2O4S. The van der Waals surface area contributed by atoms with Crippen molar-refractivity contribution in [1.82, 2.24) is 9.88 Å². The highest BCUT2D eigenvalue weighted by atomic mass is 32.2. The van der Waals surface area contributed by atoms with E-state index in [0.29, 0.717) is 13.0 Å². The zero-order chi connectivity index (χ0) is 18.4. The van der Waals surface area contributed by atoms with Gasteiger partial charge in [-0.25, -0.2) is 0 Å². The van der Waals surface area contributed by atoms with Gasteiger partial charge in [-0.1, -0.05) is 30.0 Å². The van der Waals surface area contributed by atoms with Crippen LogP contribution in [0.2, 0.25) is 0 Å². The van der Waals surface area contributed by atoms with Gasteiger partial charge in [0.05, 0.1) is 5.25 Å². The molecule has 0 aliphatic carbocycles. The number of imide groups is 1. The van der Waals surface area contributed by atoms with E-state index in [4.69, 9.17) is 9.47 Å². The second-order valence-electron chi connectivity index (χ2n) is 6.57. The summed E-state index contributed by atoms with van der Waals surface area (Å²) in [7, 11) is 0. The molecule has 7 heteroatoms. The standard InChI is InChI=1S/C20H16N2O4S/c23-19-18(27-20(24)21-19)9-13-2-1-3-15-14(13)6-7-22(15)10-12-4-5-16-17(8-12)26-11-25-16/h1-8,18H,9-11H2,(H,21,23,24). The molecule has 136 valence electrons. The Morgan fingerprint density at radius 3 is 2.85 bits per heavy atom. The van der Waals surface area contributed by atoms with Crippen LogP contribution in [0.25, 0.3) is 10.9 Å². The van der Waals surface area contributed by atoms with Crippen molar-refractivity contribution in [2.24, 2.45) is 0 Å². The normalized spacial score (nSPS) is 18.3. The third-order valence-electron chi connectivity index (χ3n) is 4.87. The lowest BCUT2D eigenvalue weighted by Gasteiger charge is -2.10. The molecule has 27 heavy (non-hydrogen) atoms. The van der Waals surface area contributed by atoms with Crippen LogP contribution in [0.3, 0.4) is 0 Å². The number of nitrogens with zero attached hydrogens (tertiary/aromatic N) is 1. The minimum atomic E-state index is -0.361. The van der Waals surface area contributed by atoms with Crippen molar-refractivity contribution in [1.29, 1.82) is 0 Å². The fourth-order valence-electron chi connectivity index (χ4n) is 3.57. The van der Waals surface area contributed by atoms with E-state index in [2.05, 4.69) is 22.0 Å². The summed E-state index contributed by atoms with van der Waals surface area (Å²) in [6.45, 7) is 0.977. The minimum Gasteiger partial charge on any atom is -0.454 e. The molecule has 0 saturated carbocycles. The van der Waals surface area contributed by atoms with Crippen LogP contribution in [-0.4, -0.2) is 27.8 Å². The Hall–Kier alpha value is -2.93. The summed E-state index contributed by atoms with van der Waals surface area (Å²) >= 11 is 1.07. The van der Waals surface area contributed by atoms with Gasteiger partial charge in [-0.3, -0.25) is 14.9 Å². The second-order valence-corrected chi connectivity index (χ2v) is 7.74. The molecule has 6 nitrogen and oxygen atoms in total. The first-order chi connectivity index (χ1) is 13.2. The first-order valence-corrected chi connectivity index (χ1v) is 9.52. The molecule has 1 N–H and O–H groups in total. The second kappa shape index (κ2) is 6.35. The lowest BCUT2D eigenvalue weighted by atomic mass is 10.0. The number of rotatable bonds is 4. The highest BCUT2D eigenvalue weighted by molar-refractivity contribution is 8.15. The summed E-state index contributed by atoms with van der Waals surface area (Å²) in [5.41, 5.74) is 3.29. The molecule has 3 aromatic rings. The van der Waals surface area contributed by atoms with Gasteiger partial charge < -0.3 is 14.0 Å². The zero-order valence-corrected chi connectivity index (χ0v) is 15.1. The maximum Gasteiger partial charge on any atom is 0.286 e. The van der Waals surface area contributed by atoms with Gasteiger partial charge in [0.15, 0.2) is 11.5 Å². The Kier molecular flexibility index (Phi) is 3.82. The molecule has 1 aromatic heterocycles. The van der Waals surface area contributed by atoms with Crippen molar-refractivity contribution in [2.75, 3.05) is 6.79 Å². The summed E-state index contributed by atoms with van der Waals surface area (Å²) in [5.74, 6) is 1.35. The monoisotopic (exact) mass is 380 g/mol. The van der Waals surface area contributed by atoms with Crippen LogP contribution in [0.1, 0.15) is 11.1 Å². The van der Waals surface area contributed by atoms with Crippen LogP contribution in [0.15, 0.2) is 48.7 Å². The summed E-state index contributed by atoms with van der Waals surface area (Å²) in [4.78, 5) is 23.3. The topological polar surface area (TPSA) is 69.6 Å². The molecule has 1 fully saturated rings. The maximum absolute atomic E-state index is 11.9. The lowest BCUT2D eigenvalue weighted by Crippen LogP contribution is -2.25. The van der Waals surface area contributed by atoms with Gasteiger partial charge in [0.25, 0.3) is 5.24 Å². The largest absolute Gasteiger partial charge is 0.454 e. The van der Waals surface area contributed by atoms with Gasteiger partial charge in [-0.05, 0) is 41.8 Å². The molecule has 0 radical (unpaired) electrons. The van der Waals surface area contributed by atoms with Crippen molar-refractivity contribution < 1.29 is 19.1 Å². The Bertz CT molecular complexity index is 1080. The van der Waals surface area contributed by atoms with Crippen molar-refractivity contribution in [3.63, 3.8) is 0 Å². The van der Waals surface area contributed by atoms with E-state index >= 15 is 0 Å². The van der Waals surface area contributed by atoms with E-state index < -0.39 is 0 Å². The molecule has 0 spiro atoms. The first-order valence-electron chi connectivity index (χ1n) is 8.64. The molecule has 5 rings (SSSR count). The number of thioether (sulfide) groups is 1. The highest BCUT2D eigenvalue weighted by Gasteiger charge is 2.31. The number of fused-ring (bicyclic) bond motifs is 2. The van der Waals surface area contributed by atoms with Crippen molar-refractivity contribution in [3.05, 3.63) is 59.8 Å². The van der Waals surface area contributed by atoms with E-state index in [1.165, 1.54) is 0 Å². The highest BCUT2D eigenvalue weighted by Crippen LogP contribution is 2.33. The number of carbonyl (C=O) groups excluding carboxylic acids is 2. The van der Waals surface area contributed by atoms with E-state index in [1.54, 1.807) is 0 Å². The summed E-state index contributed by atoms with van der Waals surface area (Å²) in [6.07, 6.45) is 2.58. The Morgan fingerprint density at radius 2 is 2.00 bits per heavy atom. The molecule has 3 heterocycles. The van der Waals surface area contributed by atoms with Crippen molar-refractivity contribution >= 4 is 33.8 Å². The number of aromatic nitrogens is 1. The average molecular weight is 380 g/mol. The average Bonchev–Trinajstić information content (AvgIpc) is 3.35.